The van der Waals surface area contributed by atoms with E-state index in [1.54, 1.807) is 6.26 Å². The van der Waals surface area contributed by atoms with Crippen LogP contribution in [0.3, 0.4) is 0 Å². The van der Waals surface area contributed by atoms with Gasteiger partial charge < -0.3 is 14.4 Å². The molecule has 1 saturated heterocycles. The number of piperidine rings is 1. The fourth-order valence-electron chi connectivity index (χ4n) is 4.48. The fourth-order valence-corrected chi connectivity index (χ4v) is 4.74. The molecule has 154 valence electrons. The maximum atomic E-state index is 13.0. The van der Waals surface area contributed by atoms with Crippen LogP contribution in [0.4, 0.5) is 0 Å². The highest BCUT2D eigenvalue weighted by molar-refractivity contribution is 9.10. The van der Waals surface area contributed by atoms with Gasteiger partial charge in [-0.05, 0) is 56.5 Å². The van der Waals surface area contributed by atoms with Crippen LogP contribution in [0, 0.1) is 5.92 Å². The zero-order chi connectivity index (χ0) is 18.6. The highest BCUT2D eigenvalue weighted by Crippen LogP contribution is 2.37. The lowest BCUT2D eigenvalue weighted by molar-refractivity contribution is -0.128. The standard InChI is InChI=1S/C22H28BrNO3.ClH/c23-17-6-4-16(5-7-17)20-15-27-21-14-18(8-9-19(21)22(20)25)26-13-12-24-10-2-1-3-11-24;/h4-7,15,18-19,21H,1-3,8-14H2;1H. The van der Waals surface area contributed by atoms with E-state index in [1.807, 2.05) is 24.3 Å². The molecule has 0 aromatic heterocycles. The van der Waals surface area contributed by atoms with Gasteiger partial charge in [-0.2, -0.15) is 0 Å². The van der Waals surface area contributed by atoms with Crippen LogP contribution in [0.25, 0.3) is 5.57 Å². The van der Waals surface area contributed by atoms with Gasteiger partial charge in [0.2, 0.25) is 0 Å². The van der Waals surface area contributed by atoms with Gasteiger partial charge in [0.1, 0.15) is 6.10 Å². The second kappa shape index (κ2) is 10.2. The molecule has 1 saturated carbocycles. The lowest BCUT2D eigenvalue weighted by atomic mass is 9.78. The number of carbonyl (C=O) groups excluding carboxylic acids is 1. The predicted molar refractivity (Wildman–Crippen MR) is 117 cm³/mol. The summed E-state index contributed by atoms with van der Waals surface area (Å²) in [6.45, 7) is 4.23. The van der Waals surface area contributed by atoms with E-state index in [0.717, 1.165) is 42.5 Å². The Morgan fingerprint density at radius 2 is 1.86 bits per heavy atom. The number of likely N-dealkylation sites (tertiary alicyclic amines) is 1. The first kappa shape index (κ1) is 21.8. The summed E-state index contributed by atoms with van der Waals surface area (Å²) < 4.78 is 13.1. The third-order valence-corrected chi connectivity index (χ3v) is 6.60. The van der Waals surface area contributed by atoms with Gasteiger partial charge in [0.25, 0.3) is 0 Å². The number of hydrogen-bond donors (Lipinski definition) is 0. The minimum atomic E-state index is -0.0366. The number of benzene rings is 1. The molecule has 3 unspecified atom stereocenters. The van der Waals surface area contributed by atoms with Gasteiger partial charge in [-0.1, -0.05) is 34.5 Å². The first-order valence-corrected chi connectivity index (χ1v) is 11.0. The number of hydrogen-bond acceptors (Lipinski definition) is 4. The number of nitrogens with zero attached hydrogens (tertiary/aromatic N) is 1. The molecule has 4 rings (SSSR count). The molecule has 0 N–H and O–H groups in total. The molecule has 0 bridgehead atoms. The van der Waals surface area contributed by atoms with E-state index in [9.17, 15) is 4.79 Å². The van der Waals surface area contributed by atoms with Crippen molar-refractivity contribution in [2.45, 2.75) is 50.7 Å². The zero-order valence-corrected chi connectivity index (χ0v) is 18.6. The molecule has 3 aliphatic rings. The van der Waals surface area contributed by atoms with Crippen molar-refractivity contribution in [1.29, 1.82) is 0 Å². The molecule has 4 nitrogen and oxygen atoms in total. The quantitative estimate of drug-likeness (QED) is 0.616. The zero-order valence-electron chi connectivity index (χ0n) is 16.1. The average molecular weight is 471 g/mol. The molecule has 3 atom stereocenters. The van der Waals surface area contributed by atoms with Gasteiger partial charge in [0, 0.05) is 17.4 Å². The largest absolute Gasteiger partial charge is 0.496 e. The number of carbonyl (C=O) groups is 1. The van der Waals surface area contributed by atoms with Crippen LogP contribution in [0.5, 0.6) is 0 Å². The maximum Gasteiger partial charge on any atom is 0.173 e. The van der Waals surface area contributed by atoms with Gasteiger partial charge in [0.05, 0.1) is 30.5 Å². The summed E-state index contributed by atoms with van der Waals surface area (Å²) >= 11 is 3.44. The Morgan fingerprint density at radius 3 is 2.61 bits per heavy atom. The molecule has 0 radical (unpaired) electrons. The Kier molecular flexibility index (Phi) is 7.98. The smallest absolute Gasteiger partial charge is 0.173 e. The van der Waals surface area contributed by atoms with Crippen LogP contribution in [0.15, 0.2) is 35.0 Å². The molecule has 2 heterocycles. The molecule has 6 heteroatoms. The van der Waals surface area contributed by atoms with Crippen molar-refractivity contribution in [3.8, 4) is 0 Å². The van der Waals surface area contributed by atoms with Crippen LogP contribution in [0.1, 0.15) is 44.1 Å². The molecular formula is C22H29BrClNO3. The van der Waals surface area contributed by atoms with E-state index in [-0.39, 0.29) is 36.3 Å². The number of Topliss-reactive ketones (excluding diaryl/α,β-unsaturated/α-hetero) is 1. The third-order valence-electron chi connectivity index (χ3n) is 6.07. The number of ether oxygens (including phenoxy) is 2. The predicted octanol–water partition coefficient (Wildman–Crippen LogP) is 4.85. The molecule has 28 heavy (non-hydrogen) atoms. The van der Waals surface area contributed by atoms with Crippen LogP contribution in [-0.2, 0) is 14.3 Å². The minimum absolute atomic E-state index is 0. The van der Waals surface area contributed by atoms with E-state index in [1.165, 1.54) is 32.4 Å². The fraction of sp³-hybridized carbons (Fsp3) is 0.591. The van der Waals surface area contributed by atoms with Crippen molar-refractivity contribution in [2.75, 3.05) is 26.2 Å². The SMILES string of the molecule is Cl.O=C1C(c2ccc(Br)cc2)=COC2CC(OCCN3CCCCC3)CCC12. The average Bonchev–Trinajstić information content (AvgIpc) is 2.70. The molecular weight excluding hydrogens is 442 g/mol. The molecule has 0 amide bonds. The van der Waals surface area contributed by atoms with Crippen LogP contribution in [0.2, 0.25) is 0 Å². The number of rotatable bonds is 5. The Balaban J connectivity index is 0.00000225. The molecule has 1 aromatic carbocycles. The van der Waals surface area contributed by atoms with Crippen LogP contribution < -0.4 is 0 Å². The van der Waals surface area contributed by atoms with Gasteiger partial charge in [-0.15, -0.1) is 12.4 Å². The van der Waals surface area contributed by atoms with Crippen molar-refractivity contribution in [1.82, 2.24) is 4.90 Å². The number of allylic oxidation sites excluding steroid dienone is 1. The number of fused-ring (bicyclic) bond motifs is 1. The van der Waals surface area contributed by atoms with Gasteiger partial charge in [-0.25, -0.2) is 0 Å². The Morgan fingerprint density at radius 1 is 1.11 bits per heavy atom. The topological polar surface area (TPSA) is 38.8 Å². The summed E-state index contributed by atoms with van der Waals surface area (Å²) in [5, 5.41) is 0. The summed E-state index contributed by atoms with van der Waals surface area (Å²) in [5.74, 6) is 0.191. The highest BCUT2D eigenvalue weighted by atomic mass is 79.9. The highest BCUT2D eigenvalue weighted by Gasteiger charge is 2.40. The second-order valence-corrected chi connectivity index (χ2v) is 8.81. The van der Waals surface area contributed by atoms with Crippen LogP contribution >= 0.6 is 28.3 Å². The minimum Gasteiger partial charge on any atom is -0.496 e. The van der Waals surface area contributed by atoms with Crippen molar-refractivity contribution in [2.24, 2.45) is 5.92 Å². The van der Waals surface area contributed by atoms with E-state index in [2.05, 4.69) is 20.8 Å². The monoisotopic (exact) mass is 469 g/mol. The van der Waals surface area contributed by atoms with Gasteiger partial charge in [0.15, 0.2) is 5.78 Å². The van der Waals surface area contributed by atoms with E-state index >= 15 is 0 Å². The van der Waals surface area contributed by atoms with E-state index in [4.69, 9.17) is 9.47 Å². The molecule has 1 aromatic rings. The van der Waals surface area contributed by atoms with Crippen molar-refractivity contribution < 1.29 is 14.3 Å². The molecule has 2 aliphatic heterocycles. The van der Waals surface area contributed by atoms with Crippen LogP contribution in [-0.4, -0.2) is 49.1 Å². The molecule has 1 aliphatic carbocycles. The summed E-state index contributed by atoms with van der Waals surface area (Å²) in [6.07, 6.45) is 8.46. The van der Waals surface area contributed by atoms with Crippen molar-refractivity contribution >= 4 is 39.7 Å². The summed E-state index contributed by atoms with van der Waals surface area (Å²) in [5.41, 5.74) is 1.63. The van der Waals surface area contributed by atoms with E-state index in [0.29, 0.717) is 5.57 Å². The normalized spacial score (nSPS) is 28.0. The van der Waals surface area contributed by atoms with Gasteiger partial charge >= 0.3 is 0 Å². The maximum absolute atomic E-state index is 13.0. The Bertz CT molecular complexity index is 688. The van der Waals surface area contributed by atoms with E-state index < -0.39 is 0 Å². The first-order chi connectivity index (χ1) is 13.2. The summed E-state index contributed by atoms with van der Waals surface area (Å²) in [7, 11) is 0. The number of halogens is 2. The van der Waals surface area contributed by atoms with Crippen molar-refractivity contribution in [3.63, 3.8) is 0 Å². The first-order valence-electron chi connectivity index (χ1n) is 10.2. The third kappa shape index (κ3) is 5.18. The van der Waals surface area contributed by atoms with Gasteiger partial charge in [-0.3, -0.25) is 4.79 Å². The molecule has 0 spiro atoms. The Labute approximate surface area is 182 Å². The molecule has 2 fully saturated rings. The van der Waals surface area contributed by atoms with Crippen molar-refractivity contribution in [3.05, 3.63) is 40.6 Å². The summed E-state index contributed by atoms with van der Waals surface area (Å²) in [6, 6.07) is 7.85. The number of ketones is 1. The summed E-state index contributed by atoms with van der Waals surface area (Å²) in [4.78, 5) is 15.5. The second-order valence-electron chi connectivity index (χ2n) is 7.89. The lowest BCUT2D eigenvalue weighted by Crippen LogP contribution is -2.42. The Hall–Kier alpha value is -0.880. The lowest BCUT2D eigenvalue weighted by Gasteiger charge is -2.38.